The van der Waals surface area contributed by atoms with E-state index < -0.39 is 0 Å². The van der Waals surface area contributed by atoms with Gasteiger partial charge in [0.05, 0.1) is 10.9 Å². The van der Waals surface area contributed by atoms with Crippen LogP contribution in [0.4, 0.5) is 5.69 Å². The number of benzene rings is 2. The van der Waals surface area contributed by atoms with Crippen LogP contribution in [0.3, 0.4) is 0 Å². The van der Waals surface area contributed by atoms with Crippen LogP contribution in [0, 0.1) is 0 Å². The van der Waals surface area contributed by atoms with E-state index in [1.165, 1.54) is 17.3 Å². The largest absolute Gasteiger partial charge is 0.352 e. The summed E-state index contributed by atoms with van der Waals surface area (Å²) in [6, 6.07) is 15.7. The Morgan fingerprint density at radius 2 is 2.00 bits per heavy atom. The molecule has 3 rings (SSSR count). The van der Waals surface area contributed by atoms with Gasteiger partial charge in [0.25, 0.3) is 5.91 Å². The van der Waals surface area contributed by atoms with E-state index in [0.29, 0.717) is 12.1 Å². The van der Waals surface area contributed by atoms with E-state index in [1.807, 2.05) is 37.3 Å². The van der Waals surface area contributed by atoms with Crippen LogP contribution in [0.5, 0.6) is 0 Å². The van der Waals surface area contributed by atoms with Crippen molar-refractivity contribution in [3.05, 3.63) is 59.7 Å². The highest BCUT2D eigenvalue weighted by atomic mass is 32.2. The van der Waals surface area contributed by atoms with Crippen molar-refractivity contribution in [1.82, 2.24) is 5.32 Å². The fourth-order valence-electron chi connectivity index (χ4n) is 2.59. The molecule has 0 fully saturated rings. The van der Waals surface area contributed by atoms with Crippen molar-refractivity contribution in [3.63, 3.8) is 0 Å². The number of hydrogen-bond donors (Lipinski definition) is 2. The van der Waals surface area contributed by atoms with Gasteiger partial charge in [-0.05, 0) is 43.5 Å². The van der Waals surface area contributed by atoms with Crippen molar-refractivity contribution >= 4 is 29.3 Å². The molecule has 2 aromatic rings. The summed E-state index contributed by atoms with van der Waals surface area (Å²) in [5.41, 5.74) is 2.57. The van der Waals surface area contributed by atoms with Gasteiger partial charge in [0.1, 0.15) is 0 Å². The number of fused-ring (bicyclic) bond motifs is 1. The lowest BCUT2D eigenvalue weighted by atomic mass is 10.1. The van der Waals surface area contributed by atoms with E-state index in [-0.39, 0.29) is 17.1 Å². The molecule has 24 heavy (non-hydrogen) atoms. The van der Waals surface area contributed by atoms with E-state index in [2.05, 4.69) is 22.8 Å². The van der Waals surface area contributed by atoms with Crippen LogP contribution in [0.15, 0.2) is 53.4 Å². The van der Waals surface area contributed by atoms with Gasteiger partial charge in [-0.1, -0.05) is 30.3 Å². The second-order valence-electron chi connectivity index (χ2n) is 5.81. The van der Waals surface area contributed by atoms with Gasteiger partial charge in [-0.25, -0.2) is 0 Å². The molecule has 0 spiro atoms. The molecule has 0 bridgehead atoms. The molecule has 2 aromatic carbocycles. The van der Waals surface area contributed by atoms with Gasteiger partial charge in [-0.3, -0.25) is 9.59 Å². The van der Waals surface area contributed by atoms with Crippen LogP contribution < -0.4 is 10.6 Å². The molecule has 1 atom stereocenters. The van der Waals surface area contributed by atoms with E-state index in [4.69, 9.17) is 0 Å². The number of thioether (sulfide) groups is 1. The molecule has 4 nitrogen and oxygen atoms in total. The SMILES string of the molecule is CC1Sc2ccc(C(=O)NCCCc3ccccc3)cc2NC1=O. The number of aryl methyl sites for hydroxylation is 1. The Hall–Kier alpha value is -2.27. The molecule has 0 saturated carbocycles. The zero-order valence-electron chi connectivity index (χ0n) is 13.5. The molecule has 5 heteroatoms. The number of carbonyl (C=O) groups excluding carboxylic acids is 2. The van der Waals surface area contributed by atoms with Gasteiger partial charge >= 0.3 is 0 Å². The number of amides is 2. The Bertz CT molecular complexity index is 746. The molecular formula is C19H20N2O2S. The smallest absolute Gasteiger partial charge is 0.251 e. The van der Waals surface area contributed by atoms with E-state index in [1.54, 1.807) is 6.07 Å². The topological polar surface area (TPSA) is 58.2 Å². The highest BCUT2D eigenvalue weighted by Crippen LogP contribution is 2.35. The minimum atomic E-state index is -0.108. The van der Waals surface area contributed by atoms with Crippen molar-refractivity contribution in [2.75, 3.05) is 11.9 Å². The molecule has 0 radical (unpaired) electrons. The quantitative estimate of drug-likeness (QED) is 0.819. The first-order chi connectivity index (χ1) is 11.6. The van der Waals surface area contributed by atoms with E-state index in [9.17, 15) is 9.59 Å². The van der Waals surface area contributed by atoms with Crippen LogP contribution in [0.25, 0.3) is 0 Å². The molecule has 1 aliphatic rings. The Morgan fingerprint density at radius 3 is 2.79 bits per heavy atom. The number of carbonyl (C=O) groups is 2. The maximum Gasteiger partial charge on any atom is 0.251 e. The molecule has 0 aliphatic carbocycles. The molecule has 1 unspecified atom stereocenters. The normalized spacial score (nSPS) is 16.2. The lowest BCUT2D eigenvalue weighted by molar-refractivity contribution is -0.115. The summed E-state index contributed by atoms with van der Waals surface area (Å²) in [5.74, 6) is -0.128. The van der Waals surface area contributed by atoms with E-state index in [0.717, 1.165) is 23.4 Å². The fraction of sp³-hybridized carbons (Fsp3) is 0.263. The molecule has 2 N–H and O–H groups in total. The molecule has 1 aliphatic heterocycles. The van der Waals surface area contributed by atoms with Gasteiger partial charge in [-0.2, -0.15) is 0 Å². The van der Waals surface area contributed by atoms with Crippen molar-refractivity contribution in [3.8, 4) is 0 Å². The average molecular weight is 340 g/mol. The first kappa shape index (κ1) is 16.6. The van der Waals surface area contributed by atoms with Gasteiger partial charge < -0.3 is 10.6 Å². The summed E-state index contributed by atoms with van der Waals surface area (Å²) in [6.07, 6.45) is 1.83. The summed E-state index contributed by atoms with van der Waals surface area (Å²) in [7, 11) is 0. The summed E-state index contributed by atoms with van der Waals surface area (Å²) in [6.45, 7) is 2.50. The average Bonchev–Trinajstić information content (AvgIpc) is 2.60. The zero-order valence-corrected chi connectivity index (χ0v) is 14.4. The summed E-state index contributed by atoms with van der Waals surface area (Å²) >= 11 is 1.52. The lowest BCUT2D eigenvalue weighted by Crippen LogP contribution is -2.28. The van der Waals surface area contributed by atoms with Gasteiger partial charge in [0.2, 0.25) is 5.91 Å². The molecule has 0 saturated heterocycles. The molecule has 2 amide bonds. The Morgan fingerprint density at radius 1 is 1.21 bits per heavy atom. The van der Waals surface area contributed by atoms with Crippen LogP contribution >= 0.6 is 11.8 Å². The van der Waals surface area contributed by atoms with Gasteiger partial charge in [-0.15, -0.1) is 11.8 Å². The molecule has 1 heterocycles. The second-order valence-corrected chi connectivity index (χ2v) is 7.19. The van der Waals surface area contributed by atoms with Crippen LogP contribution in [0.1, 0.15) is 29.3 Å². The van der Waals surface area contributed by atoms with Crippen molar-refractivity contribution in [2.24, 2.45) is 0 Å². The predicted octanol–water partition coefficient (Wildman–Crippen LogP) is 3.48. The van der Waals surface area contributed by atoms with Crippen LogP contribution in [0.2, 0.25) is 0 Å². The number of nitrogens with one attached hydrogen (secondary N) is 2. The van der Waals surface area contributed by atoms with Gasteiger partial charge in [0.15, 0.2) is 0 Å². The van der Waals surface area contributed by atoms with Gasteiger partial charge in [0, 0.05) is 17.0 Å². The maximum absolute atomic E-state index is 12.3. The highest BCUT2D eigenvalue weighted by Gasteiger charge is 2.23. The molecular weight excluding hydrogens is 320 g/mol. The van der Waals surface area contributed by atoms with Crippen molar-refractivity contribution in [1.29, 1.82) is 0 Å². The third-order valence-corrected chi connectivity index (χ3v) is 5.12. The maximum atomic E-state index is 12.3. The predicted molar refractivity (Wildman–Crippen MR) is 97.5 cm³/mol. The standard InChI is InChI=1S/C19H20N2O2S/c1-13-18(22)21-16-12-15(9-10-17(16)24-13)19(23)20-11-5-8-14-6-3-2-4-7-14/h2-4,6-7,9-10,12-13H,5,8,11H2,1H3,(H,20,23)(H,21,22). The minimum Gasteiger partial charge on any atom is -0.352 e. The summed E-state index contributed by atoms with van der Waals surface area (Å²) in [4.78, 5) is 25.0. The fourth-order valence-corrected chi connectivity index (χ4v) is 3.52. The Balaban J connectivity index is 1.54. The third-order valence-electron chi connectivity index (χ3n) is 3.94. The molecule has 124 valence electrons. The number of hydrogen-bond acceptors (Lipinski definition) is 3. The lowest BCUT2D eigenvalue weighted by Gasteiger charge is -2.21. The monoisotopic (exact) mass is 340 g/mol. The van der Waals surface area contributed by atoms with Crippen molar-refractivity contribution < 1.29 is 9.59 Å². The van der Waals surface area contributed by atoms with Crippen LogP contribution in [-0.4, -0.2) is 23.6 Å². The first-order valence-corrected chi connectivity index (χ1v) is 8.95. The van der Waals surface area contributed by atoms with Crippen LogP contribution in [-0.2, 0) is 11.2 Å². The zero-order chi connectivity index (χ0) is 16.9. The second kappa shape index (κ2) is 7.53. The Labute approximate surface area is 146 Å². The highest BCUT2D eigenvalue weighted by molar-refractivity contribution is 8.00. The first-order valence-electron chi connectivity index (χ1n) is 8.07. The number of anilines is 1. The summed E-state index contributed by atoms with van der Waals surface area (Å²) in [5, 5.41) is 5.69. The number of rotatable bonds is 5. The third kappa shape index (κ3) is 3.97. The summed E-state index contributed by atoms with van der Waals surface area (Å²) < 4.78 is 0. The molecule has 0 aromatic heterocycles. The minimum absolute atomic E-state index is 0.0204. The van der Waals surface area contributed by atoms with Crippen molar-refractivity contribution in [2.45, 2.75) is 29.9 Å². The Kier molecular flexibility index (Phi) is 5.20. The van der Waals surface area contributed by atoms with E-state index >= 15 is 0 Å².